The van der Waals surface area contributed by atoms with Crippen LogP contribution < -0.4 is 10.6 Å². The molecule has 3 unspecified atom stereocenters. The minimum absolute atomic E-state index is 0.370. The van der Waals surface area contributed by atoms with Crippen LogP contribution in [0.4, 0.5) is 0 Å². The fraction of sp³-hybridized carbons (Fsp3) is 0.688. The van der Waals surface area contributed by atoms with Gasteiger partial charge < -0.3 is 10.6 Å². The number of nitrogens with one attached hydrogen (secondary N) is 2. The molecule has 0 aromatic carbocycles. The first-order chi connectivity index (χ1) is 9.25. The first-order valence-corrected chi connectivity index (χ1v) is 7.65. The van der Waals surface area contributed by atoms with Crippen molar-refractivity contribution in [3.63, 3.8) is 0 Å². The molecule has 1 aromatic rings. The molecule has 1 fully saturated rings. The van der Waals surface area contributed by atoms with Gasteiger partial charge in [-0.2, -0.15) is 0 Å². The molecule has 2 heterocycles. The summed E-state index contributed by atoms with van der Waals surface area (Å²) < 4.78 is 0. The van der Waals surface area contributed by atoms with Crippen molar-refractivity contribution in [2.24, 2.45) is 0 Å². The Hall–Kier alpha value is -0.930. The number of hydrogen-bond donors (Lipinski definition) is 2. The van der Waals surface area contributed by atoms with Crippen molar-refractivity contribution in [2.75, 3.05) is 6.54 Å². The largest absolute Gasteiger partial charge is 0.314 e. The van der Waals surface area contributed by atoms with Crippen LogP contribution in [0.5, 0.6) is 0 Å². The molecule has 0 radical (unpaired) electrons. The van der Waals surface area contributed by atoms with Gasteiger partial charge in [-0.25, -0.2) is 0 Å². The second kappa shape index (κ2) is 7.61. The summed E-state index contributed by atoms with van der Waals surface area (Å²) >= 11 is 0. The lowest BCUT2D eigenvalue weighted by Crippen LogP contribution is -2.37. The van der Waals surface area contributed by atoms with Crippen molar-refractivity contribution in [3.05, 3.63) is 30.1 Å². The van der Waals surface area contributed by atoms with Crippen LogP contribution in [-0.2, 0) is 0 Å². The standard InChI is InChI=1S/C16H27N3/c1-13(11-16-8-4-3-5-10-18-16)19-14(2)15-7-6-9-17-12-15/h6-7,9,12-14,16,18-19H,3-5,8,10-11H2,1-2H3. The van der Waals surface area contributed by atoms with Crippen LogP contribution in [0.15, 0.2) is 24.5 Å². The first-order valence-electron chi connectivity index (χ1n) is 7.65. The van der Waals surface area contributed by atoms with Crippen molar-refractivity contribution >= 4 is 0 Å². The lowest BCUT2D eigenvalue weighted by atomic mass is 10.0. The minimum atomic E-state index is 0.370. The summed E-state index contributed by atoms with van der Waals surface area (Å²) in [6, 6.07) is 5.73. The van der Waals surface area contributed by atoms with E-state index in [0.29, 0.717) is 18.1 Å². The highest BCUT2D eigenvalue weighted by atomic mass is 15.0. The Morgan fingerprint density at radius 2 is 2.26 bits per heavy atom. The third kappa shape index (κ3) is 4.92. The molecule has 106 valence electrons. The van der Waals surface area contributed by atoms with Gasteiger partial charge in [0.25, 0.3) is 0 Å². The van der Waals surface area contributed by atoms with Crippen molar-refractivity contribution in [1.82, 2.24) is 15.6 Å². The van der Waals surface area contributed by atoms with E-state index in [-0.39, 0.29) is 0 Å². The Morgan fingerprint density at radius 3 is 3.05 bits per heavy atom. The minimum Gasteiger partial charge on any atom is -0.314 e. The van der Waals surface area contributed by atoms with E-state index in [1.54, 1.807) is 0 Å². The summed E-state index contributed by atoms with van der Waals surface area (Å²) in [6.45, 7) is 5.70. The molecule has 0 amide bonds. The van der Waals surface area contributed by atoms with Gasteiger partial charge in [-0.05, 0) is 51.3 Å². The molecule has 1 aliphatic heterocycles. The molecule has 3 nitrogen and oxygen atoms in total. The van der Waals surface area contributed by atoms with Crippen LogP contribution in [0.1, 0.15) is 57.6 Å². The van der Waals surface area contributed by atoms with E-state index in [1.165, 1.54) is 44.2 Å². The Labute approximate surface area is 117 Å². The molecule has 2 rings (SSSR count). The van der Waals surface area contributed by atoms with Crippen LogP contribution in [0.3, 0.4) is 0 Å². The van der Waals surface area contributed by atoms with E-state index in [9.17, 15) is 0 Å². The predicted molar refractivity (Wildman–Crippen MR) is 80.1 cm³/mol. The van der Waals surface area contributed by atoms with Gasteiger partial charge in [0.05, 0.1) is 0 Å². The van der Waals surface area contributed by atoms with E-state index >= 15 is 0 Å². The molecule has 1 saturated heterocycles. The average molecular weight is 261 g/mol. The quantitative estimate of drug-likeness (QED) is 0.855. The number of pyridine rings is 1. The van der Waals surface area contributed by atoms with E-state index < -0.39 is 0 Å². The third-order valence-corrected chi connectivity index (χ3v) is 4.02. The Kier molecular flexibility index (Phi) is 5.80. The monoisotopic (exact) mass is 261 g/mol. The van der Waals surface area contributed by atoms with Crippen LogP contribution in [0.25, 0.3) is 0 Å². The molecule has 2 N–H and O–H groups in total. The lowest BCUT2D eigenvalue weighted by Gasteiger charge is -2.24. The summed E-state index contributed by atoms with van der Waals surface area (Å²) in [6.07, 6.45) is 10.4. The molecule has 0 bridgehead atoms. The fourth-order valence-corrected chi connectivity index (χ4v) is 2.95. The Morgan fingerprint density at radius 1 is 1.37 bits per heavy atom. The molecular formula is C16H27N3. The van der Waals surface area contributed by atoms with E-state index in [0.717, 1.165) is 0 Å². The zero-order chi connectivity index (χ0) is 13.5. The van der Waals surface area contributed by atoms with Gasteiger partial charge in [-0.3, -0.25) is 4.98 Å². The van der Waals surface area contributed by atoms with E-state index in [2.05, 4.69) is 35.5 Å². The maximum absolute atomic E-state index is 4.19. The molecule has 1 aromatic heterocycles. The molecule has 0 spiro atoms. The van der Waals surface area contributed by atoms with Crippen LogP contribution in [-0.4, -0.2) is 23.6 Å². The summed E-state index contributed by atoms with van der Waals surface area (Å²) in [4.78, 5) is 4.19. The summed E-state index contributed by atoms with van der Waals surface area (Å²) in [5.41, 5.74) is 1.27. The van der Waals surface area contributed by atoms with Gasteiger partial charge in [0.1, 0.15) is 0 Å². The molecule has 3 heteroatoms. The zero-order valence-corrected chi connectivity index (χ0v) is 12.2. The third-order valence-electron chi connectivity index (χ3n) is 4.02. The van der Waals surface area contributed by atoms with Crippen molar-refractivity contribution in [2.45, 2.75) is 64.1 Å². The van der Waals surface area contributed by atoms with Gasteiger partial charge in [0.2, 0.25) is 0 Å². The van der Waals surface area contributed by atoms with Crippen LogP contribution in [0.2, 0.25) is 0 Å². The Balaban J connectivity index is 1.78. The smallest absolute Gasteiger partial charge is 0.0315 e. The number of nitrogens with zero attached hydrogens (tertiary/aromatic N) is 1. The topological polar surface area (TPSA) is 37.0 Å². The number of hydrogen-bond acceptors (Lipinski definition) is 3. The van der Waals surface area contributed by atoms with E-state index in [1.807, 2.05) is 18.5 Å². The van der Waals surface area contributed by atoms with Crippen molar-refractivity contribution in [3.8, 4) is 0 Å². The molecule has 19 heavy (non-hydrogen) atoms. The van der Waals surface area contributed by atoms with Gasteiger partial charge in [-0.1, -0.05) is 18.9 Å². The highest BCUT2D eigenvalue weighted by Crippen LogP contribution is 2.15. The Bertz CT molecular complexity index is 344. The maximum atomic E-state index is 4.19. The summed E-state index contributed by atoms with van der Waals surface area (Å²) in [5, 5.41) is 7.36. The number of aromatic nitrogens is 1. The summed E-state index contributed by atoms with van der Waals surface area (Å²) in [5.74, 6) is 0. The predicted octanol–water partition coefficient (Wildman–Crippen LogP) is 3.04. The lowest BCUT2D eigenvalue weighted by molar-refractivity contribution is 0.380. The van der Waals surface area contributed by atoms with Gasteiger partial charge in [-0.15, -0.1) is 0 Å². The first kappa shape index (κ1) is 14.5. The molecule has 0 saturated carbocycles. The van der Waals surface area contributed by atoms with Gasteiger partial charge >= 0.3 is 0 Å². The maximum Gasteiger partial charge on any atom is 0.0315 e. The molecule has 1 aliphatic rings. The van der Waals surface area contributed by atoms with Crippen molar-refractivity contribution < 1.29 is 0 Å². The van der Waals surface area contributed by atoms with Crippen LogP contribution in [0, 0.1) is 0 Å². The second-order valence-electron chi connectivity index (χ2n) is 5.81. The number of rotatable bonds is 5. The molecule has 3 atom stereocenters. The normalized spacial score (nSPS) is 23.6. The fourth-order valence-electron chi connectivity index (χ4n) is 2.95. The SMILES string of the molecule is CC(CC1CCCCCN1)NC(C)c1cccnc1. The van der Waals surface area contributed by atoms with Gasteiger partial charge in [0, 0.05) is 30.5 Å². The van der Waals surface area contributed by atoms with Crippen molar-refractivity contribution in [1.29, 1.82) is 0 Å². The van der Waals surface area contributed by atoms with E-state index in [4.69, 9.17) is 0 Å². The summed E-state index contributed by atoms with van der Waals surface area (Å²) in [7, 11) is 0. The molecule has 0 aliphatic carbocycles. The highest BCUT2D eigenvalue weighted by Gasteiger charge is 2.16. The zero-order valence-electron chi connectivity index (χ0n) is 12.2. The average Bonchev–Trinajstić information content (AvgIpc) is 2.68. The second-order valence-corrected chi connectivity index (χ2v) is 5.81. The molecular weight excluding hydrogens is 234 g/mol. The highest BCUT2D eigenvalue weighted by molar-refractivity contribution is 5.12. The van der Waals surface area contributed by atoms with Crippen LogP contribution >= 0.6 is 0 Å². The van der Waals surface area contributed by atoms with Gasteiger partial charge in [0.15, 0.2) is 0 Å².